The van der Waals surface area contributed by atoms with Crippen LogP contribution in [0.3, 0.4) is 0 Å². The monoisotopic (exact) mass is 325 g/mol. The van der Waals surface area contributed by atoms with Gasteiger partial charge in [-0.25, -0.2) is 4.79 Å². The molecule has 0 aliphatic heterocycles. The van der Waals surface area contributed by atoms with E-state index < -0.39 is 5.97 Å². The number of amides is 1. The van der Waals surface area contributed by atoms with Gasteiger partial charge < -0.3 is 10.4 Å². The maximum atomic E-state index is 11.9. The van der Waals surface area contributed by atoms with E-state index in [2.05, 4.69) is 21.2 Å². The summed E-state index contributed by atoms with van der Waals surface area (Å²) in [5.74, 6) is -0.574. The van der Waals surface area contributed by atoms with E-state index in [0.29, 0.717) is 22.5 Å². The Hall–Kier alpha value is -1.36. The predicted octanol–water partition coefficient (Wildman–Crippen LogP) is 3.67. The zero-order chi connectivity index (χ0) is 13.8. The molecule has 2 rings (SSSR count). The quantitative estimate of drug-likeness (QED) is 0.887. The zero-order valence-electron chi connectivity index (χ0n) is 10.5. The van der Waals surface area contributed by atoms with Crippen LogP contribution in [0.4, 0.5) is 5.69 Å². The van der Waals surface area contributed by atoms with Gasteiger partial charge in [0.2, 0.25) is 5.91 Å². The van der Waals surface area contributed by atoms with Crippen LogP contribution in [0.2, 0.25) is 0 Å². The zero-order valence-corrected chi connectivity index (χ0v) is 12.1. The second-order valence-corrected chi connectivity index (χ2v) is 5.76. The molecule has 0 heterocycles. The molecule has 1 amide bonds. The lowest BCUT2D eigenvalue weighted by molar-refractivity contribution is -0.117. The second kappa shape index (κ2) is 6.19. The van der Waals surface area contributed by atoms with Crippen molar-refractivity contribution in [2.75, 3.05) is 5.32 Å². The lowest BCUT2D eigenvalue weighted by Crippen LogP contribution is -2.15. The Labute approximate surface area is 120 Å². The summed E-state index contributed by atoms with van der Waals surface area (Å²) in [6.07, 6.45) is 5.16. The van der Waals surface area contributed by atoms with Crippen LogP contribution in [-0.2, 0) is 4.79 Å². The van der Waals surface area contributed by atoms with Crippen LogP contribution < -0.4 is 5.32 Å². The number of hydrogen-bond acceptors (Lipinski definition) is 2. The first kappa shape index (κ1) is 14.1. The van der Waals surface area contributed by atoms with Gasteiger partial charge in [0.05, 0.1) is 11.3 Å². The molecule has 0 spiro atoms. The number of halogens is 1. The maximum absolute atomic E-state index is 11.9. The maximum Gasteiger partial charge on any atom is 0.335 e. The number of rotatable bonds is 4. The summed E-state index contributed by atoms with van der Waals surface area (Å²) in [5.41, 5.74) is 0.683. The number of benzene rings is 1. The summed E-state index contributed by atoms with van der Waals surface area (Å²) in [4.78, 5) is 22.8. The average Bonchev–Trinajstić information content (AvgIpc) is 2.84. The van der Waals surface area contributed by atoms with Crippen LogP contribution >= 0.6 is 15.9 Å². The van der Waals surface area contributed by atoms with Gasteiger partial charge >= 0.3 is 5.97 Å². The molecule has 0 bridgehead atoms. The van der Waals surface area contributed by atoms with Crippen molar-refractivity contribution in [3.8, 4) is 0 Å². The second-order valence-electron chi connectivity index (χ2n) is 4.90. The SMILES string of the molecule is O=C(CC1CCCC1)Nc1cc(C(=O)O)ccc1Br. The Morgan fingerprint density at radius 2 is 2.00 bits per heavy atom. The highest BCUT2D eigenvalue weighted by Crippen LogP contribution is 2.29. The fourth-order valence-corrected chi connectivity index (χ4v) is 2.78. The molecule has 102 valence electrons. The first-order valence-corrected chi connectivity index (χ1v) is 7.18. The van der Waals surface area contributed by atoms with Gasteiger partial charge in [-0.1, -0.05) is 12.8 Å². The van der Waals surface area contributed by atoms with Crippen LogP contribution in [0.15, 0.2) is 22.7 Å². The van der Waals surface area contributed by atoms with Gasteiger partial charge in [-0.05, 0) is 52.9 Å². The minimum absolute atomic E-state index is 0.0462. The molecule has 0 aromatic heterocycles. The van der Waals surface area contributed by atoms with Crippen molar-refractivity contribution < 1.29 is 14.7 Å². The van der Waals surface area contributed by atoms with E-state index in [1.165, 1.54) is 25.0 Å². The highest BCUT2D eigenvalue weighted by atomic mass is 79.9. The van der Waals surface area contributed by atoms with E-state index in [-0.39, 0.29) is 11.5 Å². The molecular weight excluding hydrogens is 310 g/mol. The number of anilines is 1. The molecule has 1 aliphatic rings. The van der Waals surface area contributed by atoms with Crippen molar-refractivity contribution in [1.29, 1.82) is 0 Å². The molecule has 2 N–H and O–H groups in total. The average molecular weight is 326 g/mol. The van der Waals surface area contributed by atoms with E-state index in [1.54, 1.807) is 6.07 Å². The predicted molar refractivity (Wildman–Crippen MR) is 76.3 cm³/mol. The molecule has 0 atom stereocenters. The Bertz CT molecular complexity index is 495. The lowest BCUT2D eigenvalue weighted by Gasteiger charge is -2.11. The number of carbonyl (C=O) groups is 2. The first-order valence-electron chi connectivity index (χ1n) is 6.39. The molecule has 0 saturated heterocycles. The Morgan fingerprint density at radius 3 is 2.63 bits per heavy atom. The number of carbonyl (C=O) groups excluding carboxylic acids is 1. The minimum atomic E-state index is -1.00. The number of aromatic carboxylic acids is 1. The van der Waals surface area contributed by atoms with Crippen molar-refractivity contribution in [3.05, 3.63) is 28.2 Å². The summed E-state index contributed by atoms with van der Waals surface area (Å²) in [6.45, 7) is 0. The van der Waals surface area contributed by atoms with E-state index in [9.17, 15) is 9.59 Å². The highest BCUT2D eigenvalue weighted by molar-refractivity contribution is 9.10. The number of nitrogens with one attached hydrogen (secondary N) is 1. The van der Waals surface area contributed by atoms with Crippen molar-refractivity contribution in [1.82, 2.24) is 0 Å². The third-order valence-corrected chi connectivity index (χ3v) is 4.13. The Kier molecular flexibility index (Phi) is 4.58. The van der Waals surface area contributed by atoms with Gasteiger partial charge in [0.1, 0.15) is 0 Å². The molecule has 1 aliphatic carbocycles. The summed E-state index contributed by atoms with van der Waals surface area (Å²) in [6, 6.07) is 4.60. The minimum Gasteiger partial charge on any atom is -0.478 e. The van der Waals surface area contributed by atoms with Gasteiger partial charge in [0.25, 0.3) is 0 Å². The van der Waals surface area contributed by atoms with E-state index in [0.717, 1.165) is 12.8 Å². The van der Waals surface area contributed by atoms with Crippen molar-refractivity contribution in [2.24, 2.45) is 5.92 Å². The lowest BCUT2D eigenvalue weighted by atomic mass is 10.0. The van der Waals surface area contributed by atoms with Crippen LogP contribution in [0.25, 0.3) is 0 Å². The van der Waals surface area contributed by atoms with Gasteiger partial charge in [0, 0.05) is 10.9 Å². The van der Waals surface area contributed by atoms with Crippen molar-refractivity contribution in [3.63, 3.8) is 0 Å². The number of carboxylic acid groups (broad SMARTS) is 1. The third kappa shape index (κ3) is 3.80. The fraction of sp³-hybridized carbons (Fsp3) is 0.429. The molecule has 1 aromatic carbocycles. The molecule has 1 fully saturated rings. The number of hydrogen-bond donors (Lipinski definition) is 2. The number of carboxylic acids is 1. The smallest absolute Gasteiger partial charge is 0.335 e. The molecule has 1 saturated carbocycles. The normalized spacial score (nSPS) is 15.4. The molecule has 0 radical (unpaired) electrons. The van der Waals surface area contributed by atoms with Crippen LogP contribution in [-0.4, -0.2) is 17.0 Å². The van der Waals surface area contributed by atoms with Crippen LogP contribution in [0.1, 0.15) is 42.5 Å². The standard InChI is InChI=1S/C14H16BrNO3/c15-11-6-5-10(14(18)19)8-12(11)16-13(17)7-9-3-1-2-4-9/h5-6,8-9H,1-4,7H2,(H,16,17)(H,18,19). The summed E-state index contributed by atoms with van der Waals surface area (Å²) in [5, 5.41) is 11.7. The van der Waals surface area contributed by atoms with Gasteiger partial charge in [0.15, 0.2) is 0 Å². The first-order chi connectivity index (χ1) is 9.06. The molecule has 5 heteroatoms. The van der Waals surface area contributed by atoms with Crippen LogP contribution in [0, 0.1) is 5.92 Å². The molecule has 1 aromatic rings. The van der Waals surface area contributed by atoms with E-state index in [1.807, 2.05) is 0 Å². The van der Waals surface area contributed by atoms with Crippen LogP contribution in [0.5, 0.6) is 0 Å². The Balaban J connectivity index is 2.02. The Morgan fingerprint density at radius 1 is 1.32 bits per heavy atom. The van der Waals surface area contributed by atoms with Crippen molar-refractivity contribution in [2.45, 2.75) is 32.1 Å². The summed E-state index contributed by atoms with van der Waals surface area (Å²) >= 11 is 3.31. The van der Waals surface area contributed by atoms with Crippen molar-refractivity contribution >= 4 is 33.5 Å². The molecule has 4 nitrogen and oxygen atoms in total. The topological polar surface area (TPSA) is 66.4 Å². The summed E-state index contributed by atoms with van der Waals surface area (Å²) < 4.78 is 0.692. The van der Waals surface area contributed by atoms with E-state index in [4.69, 9.17) is 5.11 Å². The highest BCUT2D eigenvalue weighted by Gasteiger charge is 2.19. The fourth-order valence-electron chi connectivity index (χ4n) is 2.43. The van der Waals surface area contributed by atoms with Gasteiger partial charge in [-0.2, -0.15) is 0 Å². The van der Waals surface area contributed by atoms with E-state index >= 15 is 0 Å². The molecule has 19 heavy (non-hydrogen) atoms. The third-order valence-electron chi connectivity index (χ3n) is 3.44. The molecular formula is C14H16BrNO3. The largest absolute Gasteiger partial charge is 0.478 e. The molecule has 0 unspecified atom stereocenters. The van der Waals surface area contributed by atoms with Gasteiger partial charge in [-0.3, -0.25) is 4.79 Å². The van der Waals surface area contributed by atoms with Gasteiger partial charge in [-0.15, -0.1) is 0 Å². The summed E-state index contributed by atoms with van der Waals surface area (Å²) in [7, 11) is 0.